The van der Waals surface area contributed by atoms with Crippen molar-refractivity contribution < 1.29 is 9.47 Å². The molecule has 0 radical (unpaired) electrons. The number of hydrogen-bond acceptors (Lipinski definition) is 4. The average molecular weight is 286 g/mol. The molecule has 0 aliphatic heterocycles. The Labute approximate surface area is 126 Å². The Balaban J connectivity index is 1.69. The third-order valence-electron chi connectivity index (χ3n) is 2.86. The van der Waals surface area contributed by atoms with Gasteiger partial charge in [-0.15, -0.1) is 0 Å². The summed E-state index contributed by atoms with van der Waals surface area (Å²) in [4.78, 5) is 4.28. The van der Waals surface area contributed by atoms with E-state index in [9.17, 15) is 0 Å². The summed E-state index contributed by atoms with van der Waals surface area (Å²) in [6, 6.07) is 14.1. The normalized spacial score (nSPS) is 10.6. The Morgan fingerprint density at radius 1 is 1.00 bits per heavy atom. The van der Waals surface area contributed by atoms with Gasteiger partial charge in [-0.3, -0.25) is 0 Å². The number of aromatic nitrogens is 1. The van der Waals surface area contributed by atoms with E-state index in [0.29, 0.717) is 25.1 Å². The van der Waals surface area contributed by atoms with Gasteiger partial charge >= 0.3 is 0 Å². The minimum absolute atomic E-state index is 0.469. The number of ether oxygens (including phenoxy) is 2. The topological polar surface area (TPSA) is 43.4 Å². The molecule has 0 amide bonds. The van der Waals surface area contributed by atoms with Gasteiger partial charge in [-0.2, -0.15) is 0 Å². The molecule has 0 bridgehead atoms. The minimum atomic E-state index is 0.469. The van der Waals surface area contributed by atoms with Crippen molar-refractivity contribution >= 4 is 0 Å². The molecule has 0 fully saturated rings. The highest BCUT2D eigenvalue weighted by Crippen LogP contribution is 2.09. The van der Waals surface area contributed by atoms with Crippen LogP contribution >= 0.6 is 0 Å². The maximum absolute atomic E-state index is 5.55. The molecule has 2 rings (SSSR count). The lowest BCUT2D eigenvalue weighted by molar-refractivity contribution is 0.212. The molecule has 1 N–H and O–H groups in total. The molecule has 21 heavy (non-hydrogen) atoms. The van der Waals surface area contributed by atoms with E-state index in [4.69, 9.17) is 9.47 Å². The summed E-state index contributed by atoms with van der Waals surface area (Å²) < 4.78 is 11.1. The van der Waals surface area contributed by atoms with E-state index in [0.717, 1.165) is 17.9 Å². The summed E-state index contributed by atoms with van der Waals surface area (Å²) in [6.07, 6.45) is 1.84. The van der Waals surface area contributed by atoms with Crippen LogP contribution in [0.2, 0.25) is 0 Å². The second-order valence-electron chi connectivity index (χ2n) is 5.05. The molecule has 112 valence electrons. The number of hydrogen-bond donors (Lipinski definition) is 1. The maximum Gasteiger partial charge on any atom is 0.213 e. The highest BCUT2D eigenvalue weighted by molar-refractivity contribution is 5.21. The van der Waals surface area contributed by atoms with Gasteiger partial charge in [0, 0.05) is 24.8 Å². The molecule has 0 saturated carbocycles. The Bertz CT molecular complexity index is 512. The number of para-hydroxylation sites is 1. The first kappa shape index (κ1) is 15.3. The summed E-state index contributed by atoms with van der Waals surface area (Å²) in [7, 11) is 0. The lowest BCUT2D eigenvalue weighted by atomic mass is 10.2. The molecule has 0 unspecified atom stereocenters. The third-order valence-corrected chi connectivity index (χ3v) is 2.86. The fraction of sp³-hybridized carbons (Fsp3) is 0.353. The van der Waals surface area contributed by atoms with Crippen molar-refractivity contribution in [3.05, 3.63) is 54.2 Å². The van der Waals surface area contributed by atoms with E-state index in [1.807, 2.05) is 48.7 Å². The highest BCUT2D eigenvalue weighted by Gasteiger charge is 1.99. The second kappa shape index (κ2) is 8.27. The molecule has 0 aliphatic carbocycles. The smallest absolute Gasteiger partial charge is 0.213 e. The van der Waals surface area contributed by atoms with Crippen molar-refractivity contribution in [2.24, 2.45) is 0 Å². The summed E-state index contributed by atoms with van der Waals surface area (Å²) in [5, 5.41) is 3.35. The van der Waals surface area contributed by atoms with Gasteiger partial charge in [-0.25, -0.2) is 4.98 Å². The lowest BCUT2D eigenvalue weighted by Crippen LogP contribution is -2.21. The van der Waals surface area contributed by atoms with Crippen molar-refractivity contribution in [3.8, 4) is 11.6 Å². The second-order valence-corrected chi connectivity index (χ2v) is 5.05. The zero-order valence-electron chi connectivity index (χ0n) is 12.6. The van der Waals surface area contributed by atoms with Crippen molar-refractivity contribution in [2.45, 2.75) is 26.4 Å². The molecule has 0 atom stereocenters. The van der Waals surface area contributed by atoms with E-state index in [2.05, 4.69) is 24.1 Å². The first-order valence-electron chi connectivity index (χ1n) is 7.23. The van der Waals surface area contributed by atoms with Gasteiger partial charge in [-0.1, -0.05) is 38.1 Å². The Morgan fingerprint density at radius 2 is 1.76 bits per heavy atom. The van der Waals surface area contributed by atoms with Crippen molar-refractivity contribution in [1.82, 2.24) is 10.3 Å². The van der Waals surface area contributed by atoms with Gasteiger partial charge in [0.2, 0.25) is 5.88 Å². The number of nitrogens with zero attached hydrogens (tertiary/aromatic N) is 1. The van der Waals surface area contributed by atoms with Crippen LogP contribution in [-0.2, 0) is 6.54 Å². The SMILES string of the molecule is CC(C)NCc1ccc(OCCOc2ccccc2)nc1. The standard InChI is InChI=1S/C17H22N2O2/c1-14(2)18-12-15-8-9-17(19-13-15)21-11-10-20-16-6-4-3-5-7-16/h3-9,13-14,18H,10-12H2,1-2H3. The highest BCUT2D eigenvalue weighted by atomic mass is 16.5. The predicted molar refractivity (Wildman–Crippen MR) is 83.6 cm³/mol. The van der Waals surface area contributed by atoms with Gasteiger partial charge in [0.05, 0.1) is 0 Å². The monoisotopic (exact) mass is 286 g/mol. The summed E-state index contributed by atoms with van der Waals surface area (Å²) in [5.41, 5.74) is 1.15. The van der Waals surface area contributed by atoms with Crippen LogP contribution < -0.4 is 14.8 Å². The molecular formula is C17H22N2O2. The predicted octanol–water partition coefficient (Wildman–Crippen LogP) is 3.04. The van der Waals surface area contributed by atoms with E-state index >= 15 is 0 Å². The first-order valence-corrected chi connectivity index (χ1v) is 7.23. The van der Waals surface area contributed by atoms with Crippen LogP contribution in [0.15, 0.2) is 48.7 Å². The number of benzene rings is 1. The Kier molecular flexibility index (Phi) is 6.03. The van der Waals surface area contributed by atoms with Crippen molar-refractivity contribution in [1.29, 1.82) is 0 Å². The van der Waals surface area contributed by atoms with E-state index in [1.54, 1.807) is 0 Å². The van der Waals surface area contributed by atoms with Crippen LogP contribution in [0, 0.1) is 0 Å². The zero-order chi connectivity index (χ0) is 14.9. The number of rotatable bonds is 8. The van der Waals surface area contributed by atoms with Crippen LogP contribution in [-0.4, -0.2) is 24.2 Å². The van der Waals surface area contributed by atoms with Crippen LogP contribution in [0.4, 0.5) is 0 Å². The van der Waals surface area contributed by atoms with Crippen LogP contribution in [0.25, 0.3) is 0 Å². The molecule has 2 aromatic rings. The molecular weight excluding hydrogens is 264 g/mol. The number of pyridine rings is 1. The van der Waals surface area contributed by atoms with Crippen molar-refractivity contribution in [2.75, 3.05) is 13.2 Å². The van der Waals surface area contributed by atoms with Gasteiger partial charge in [0.15, 0.2) is 0 Å². The Hall–Kier alpha value is -2.07. The summed E-state index contributed by atoms with van der Waals surface area (Å²) in [5.74, 6) is 1.48. The maximum atomic E-state index is 5.55. The van der Waals surface area contributed by atoms with Crippen LogP contribution in [0.3, 0.4) is 0 Å². The average Bonchev–Trinajstić information content (AvgIpc) is 2.52. The molecule has 1 aromatic heterocycles. The zero-order valence-corrected chi connectivity index (χ0v) is 12.6. The molecule has 0 spiro atoms. The molecule has 1 heterocycles. The minimum Gasteiger partial charge on any atom is -0.490 e. The molecule has 4 heteroatoms. The number of nitrogens with one attached hydrogen (secondary N) is 1. The quantitative estimate of drug-likeness (QED) is 0.758. The van der Waals surface area contributed by atoms with Crippen LogP contribution in [0.5, 0.6) is 11.6 Å². The molecule has 4 nitrogen and oxygen atoms in total. The van der Waals surface area contributed by atoms with Crippen LogP contribution in [0.1, 0.15) is 19.4 Å². The molecule has 0 saturated heterocycles. The van der Waals surface area contributed by atoms with Gasteiger partial charge in [0.25, 0.3) is 0 Å². The summed E-state index contributed by atoms with van der Waals surface area (Å²) >= 11 is 0. The van der Waals surface area contributed by atoms with Gasteiger partial charge in [0.1, 0.15) is 19.0 Å². The molecule has 0 aliphatic rings. The van der Waals surface area contributed by atoms with E-state index in [1.165, 1.54) is 0 Å². The third kappa shape index (κ3) is 5.83. The first-order chi connectivity index (χ1) is 10.2. The largest absolute Gasteiger partial charge is 0.490 e. The van der Waals surface area contributed by atoms with Gasteiger partial charge < -0.3 is 14.8 Å². The summed E-state index contributed by atoms with van der Waals surface area (Å²) in [6.45, 7) is 6.05. The fourth-order valence-electron chi connectivity index (χ4n) is 1.75. The van der Waals surface area contributed by atoms with E-state index in [-0.39, 0.29) is 0 Å². The Morgan fingerprint density at radius 3 is 2.43 bits per heavy atom. The van der Waals surface area contributed by atoms with E-state index < -0.39 is 0 Å². The fourth-order valence-corrected chi connectivity index (χ4v) is 1.75. The lowest BCUT2D eigenvalue weighted by Gasteiger charge is -2.09. The molecule has 1 aromatic carbocycles. The van der Waals surface area contributed by atoms with Crippen molar-refractivity contribution in [3.63, 3.8) is 0 Å². The van der Waals surface area contributed by atoms with Gasteiger partial charge in [-0.05, 0) is 17.7 Å².